The normalized spacial score (nSPS) is 17.7. The van der Waals surface area contributed by atoms with E-state index in [2.05, 4.69) is 43.6 Å². The van der Waals surface area contributed by atoms with Gasteiger partial charge >= 0.3 is 0 Å². The van der Waals surface area contributed by atoms with E-state index in [1.807, 2.05) is 31.4 Å². The Morgan fingerprint density at radius 1 is 0.912 bits per heavy atom. The number of nitrogens with one attached hydrogen (secondary N) is 1. The first-order valence-corrected chi connectivity index (χ1v) is 12.5. The number of carbonyl (C=O) groups is 1. The fourth-order valence-corrected chi connectivity index (χ4v) is 5.01. The van der Waals surface area contributed by atoms with Gasteiger partial charge in [-0.15, -0.1) is 0 Å². The van der Waals surface area contributed by atoms with Crippen molar-refractivity contribution in [1.29, 1.82) is 0 Å². The third-order valence-electron chi connectivity index (χ3n) is 6.95. The van der Waals surface area contributed by atoms with Crippen molar-refractivity contribution in [2.45, 2.75) is 32.6 Å². The van der Waals surface area contributed by atoms with Gasteiger partial charge in [-0.25, -0.2) is 4.98 Å². The minimum atomic E-state index is 0.0325. The molecule has 0 unspecified atom stereocenters. The summed E-state index contributed by atoms with van der Waals surface area (Å²) in [5, 5.41) is 4.19. The Kier molecular flexibility index (Phi) is 6.67. The maximum absolute atomic E-state index is 12.7. The van der Waals surface area contributed by atoms with Crippen LogP contribution >= 0.6 is 0 Å². The predicted octanol–water partition coefficient (Wildman–Crippen LogP) is 3.42. The largest absolute Gasteiger partial charge is 0.354 e. The van der Waals surface area contributed by atoms with Crippen molar-refractivity contribution >= 4 is 34.3 Å². The first-order valence-electron chi connectivity index (χ1n) is 12.5. The average molecular weight is 462 g/mol. The number of benzene rings is 1. The van der Waals surface area contributed by atoms with Gasteiger partial charge in [0.25, 0.3) is 0 Å². The molecule has 2 aliphatic heterocycles. The van der Waals surface area contributed by atoms with Crippen molar-refractivity contribution in [1.82, 2.24) is 19.4 Å². The van der Waals surface area contributed by atoms with Crippen LogP contribution in [0.5, 0.6) is 0 Å². The van der Waals surface area contributed by atoms with E-state index in [9.17, 15) is 4.79 Å². The molecule has 0 saturated carbocycles. The molecule has 3 aromatic rings. The van der Waals surface area contributed by atoms with E-state index >= 15 is 0 Å². The molecule has 0 aliphatic carbocycles. The lowest BCUT2D eigenvalue weighted by Gasteiger charge is -2.35. The van der Waals surface area contributed by atoms with E-state index in [0.29, 0.717) is 6.54 Å². The summed E-state index contributed by atoms with van der Waals surface area (Å²) < 4.78 is 2.08. The summed E-state index contributed by atoms with van der Waals surface area (Å²) in [4.78, 5) is 29.2. The number of aryl methyl sites for hydroxylation is 2. The highest BCUT2D eigenvalue weighted by Crippen LogP contribution is 2.22. The standard InChI is InChI=1S/C26H35N7O/c1-20-17-24(29-26(27-20)33-10-5-3-4-6-11-33)32-15-13-31(14-16-32)19-25(34)28-22-7-8-23-21(18-22)9-12-30(23)2/h7-9,12,17-18H,3-6,10-11,13-16,19H2,1-2H3,(H,28,34). The van der Waals surface area contributed by atoms with Crippen molar-refractivity contribution in [2.75, 3.05) is 60.9 Å². The van der Waals surface area contributed by atoms with E-state index in [1.165, 1.54) is 25.7 Å². The Labute approximate surface area is 201 Å². The van der Waals surface area contributed by atoms with Crippen LogP contribution in [0.15, 0.2) is 36.5 Å². The summed E-state index contributed by atoms with van der Waals surface area (Å²) in [6.07, 6.45) is 7.06. The van der Waals surface area contributed by atoms with Gasteiger partial charge < -0.3 is 19.7 Å². The molecule has 34 heavy (non-hydrogen) atoms. The molecule has 0 spiro atoms. The van der Waals surface area contributed by atoms with Crippen molar-refractivity contribution in [3.05, 3.63) is 42.2 Å². The van der Waals surface area contributed by atoms with Crippen molar-refractivity contribution in [3.8, 4) is 0 Å². The lowest BCUT2D eigenvalue weighted by Crippen LogP contribution is -2.49. The van der Waals surface area contributed by atoms with E-state index < -0.39 is 0 Å². The Balaban J connectivity index is 1.16. The van der Waals surface area contributed by atoms with E-state index in [0.717, 1.165) is 73.3 Å². The van der Waals surface area contributed by atoms with Gasteiger partial charge in [0.1, 0.15) is 5.82 Å². The zero-order chi connectivity index (χ0) is 23.5. The zero-order valence-corrected chi connectivity index (χ0v) is 20.3. The maximum atomic E-state index is 12.7. The molecule has 2 fully saturated rings. The van der Waals surface area contributed by atoms with Crippen LogP contribution in [0.3, 0.4) is 0 Å². The van der Waals surface area contributed by atoms with Gasteiger partial charge in [0.2, 0.25) is 11.9 Å². The van der Waals surface area contributed by atoms with E-state index in [4.69, 9.17) is 9.97 Å². The number of rotatable bonds is 5. The molecule has 1 aromatic carbocycles. The van der Waals surface area contributed by atoms with Crippen molar-refractivity contribution in [2.24, 2.45) is 7.05 Å². The molecule has 2 aliphatic rings. The second-order valence-corrected chi connectivity index (χ2v) is 9.58. The van der Waals surface area contributed by atoms with Crippen molar-refractivity contribution in [3.63, 3.8) is 0 Å². The molecular formula is C26H35N7O. The number of nitrogens with zero attached hydrogens (tertiary/aromatic N) is 6. The van der Waals surface area contributed by atoms with Gasteiger partial charge in [0.05, 0.1) is 6.54 Å². The van der Waals surface area contributed by atoms with Gasteiger partial charge in [-0.2, -0.15) is 4.98 Å². The van der Waals surface area contributed by atoms with Crippen molar-refractivity contribution < 1.29 is 4.79 Å². The average Bonchev–Trinajstić information content (AvgIpc) is 3.02. The molecule has 5 rings (SSSR count). The van der Waals surface area contributed by atoms with Crippen LogP contribution in [0.1, 0.15) is 31.4 Å². The first-order chi connectivity index (χ1) is 16.5. The first kappa shape index (κ1) is 22.7. The minimum Gasteiger partial charge on any atom is -0.354 e. The summed E-state index contributed by atoms with van der Waals surface area (Å²) in [7, 11) is 2.03. The SMILES string of the molecule is Cc1cc(N2CCN(CC(=O)Nc3ccc4c(ccn4C)c3)CC2)nc(N2CCCCCC2)n1. The molecule has 0 radical (unpaired) electrons. The van der Waals surface area contributed by atoms with Crippen LogP contribution < -0.4 is 15.1 Å². The lowest BCUT2D eigenvalue weighted by atomic mass is 10.2. The quantitative estimate of drug-likeness (QED) is 0.628. The number of carbonyl (C=O) groups excluding carboxylic acids is 1. The van der Waals surface area contributed by atoms with Gasteiger partial charge in [-0.3, -0.25) is 9.69 Å². The Bertz CT molecular complexity index is 1140. The summed E-state index contributed by atoms with van der Waals surface area (Å²) in [6, 6.07) is 10.2. The molecule has 2 aromatic heterocycles. The highest BCUT2D eigenvalue weighted by Gasteiger charge is 2.22. The number of anilines is 3. The Hall–Kier alpha value is -3.13. The number of amides is 1. The highest BCUT2D eigenvalue weighted by atomic mass is 16.2. The number of aromatic nitrogens is 3. The number of fused-ring (bicyclic) bond motifs is 1. The van der Waals surface area contributed by atoms with Crippen LogP contribution in [0.4, 0.5) is 17.5 Å². The van der Waals surface area contributed by atoms with Gasteiger partial charge in [0, 0.05) is 80.9 Å². The molecule has 2 saturated heterocycles. The highest BCUT2D eigenvalue weighted by molar-refractivity contribution is 5.95. The summed E-state index contributed by atoms with van der Waals surface area (Å²) in [5.74, 6) is 1.91. The maximum Gasteiger partial charge on any atom is 0.238 e. The predicted molar refractivity (Wildman–Crippen MR) is 138 cm³/mol. The topological polar surface area (TPSA) is 69.5 Å². The lowest BCUT2D eigenvalue weighted by molar-refractivity contribution is -0.117. The molecular weight excluding hydrogens is 426 g/mol. The number of hydrogen-bond donors (Lipinski definition) is 1. The third kappa shape index (κ3) is 5.17. The van der Waals surface area contributed by atoms with Gasteiger partial charge in [-0.1, -0.05) is 12.8 Å². The molecule has 180 valence electrons. The molecule has 8 heteroatoms. The fourth-order valence-electron chi connectivity index (χ4n) is 5.01. The second-order valence-electron chi connectivity index (χ2n) is 9.58. The fraction of sp³-hybridized carbons (Fsp3) is 0.500. The Morgan fingerprint density at radius 3 is 2.44 bits per heavy atom. The smallest absolute Gasteiger partial charge is 0.238 e. The van der Waals surface area contributed by atoms with Crippen LogP contribution in [-0.2, 0) is 11.8 Å². The van der Waals surface area contributed by atoms with Gasteiger partial charge in [-0.05, 0) is 44.0 Å². The minimum absolute atomic E-state index is 0.0325. The molecule has 0 bridgehead atoms. The van der Waals surface area contributed by atoms with Crippen LogP contribution in [0.2, 0.25) is 0 Å². The molecule has 1 amide bonds. The van der Waals surface area contributed by atoms with E-state index in [-0.39, 0.29) is 5.91 Å². The monoisotopic (exact) mass is 461 g/mol. The van der Waals surface area contributed by atoms with Crippen LogP contribution in [0, 0.1) is 6.92 Å². The molecule has 4 heterocycles. The van der Waals surface area contributed by atoms with Crippen LogP contribution in [0.25, 0.3) is 10.9 Å². The Morgan fingerprint density at radius 2 is 1.68 bits per heavy atom. The second kappa shape index (κ2) is 10.0. The number of piperazine rings is 1. The summed E-state index contributed by atoms with van der Waals surface area (Å²) in [6.45, 7) is 7.95. The van der Waals surface area contributed by atoms with E-state index in [1.54, 1.807) is 0 Å². The third-order valence-corrected chi connectivity index (χ3v) is 6.95. The number of hydrogen-bond acceptors (Lipinski definition) is 6. The summed E-state index contributed by atoms with van der Waals surface area (Å²) >= 11 is 0. The molecule has 1 N–H and O–H groups in total. The zero-order valence-electron chi connectivity index (χ0n) is 20.3. The van der Waals surface area contributed by atoms with Gasteiger partial charge in [0.15, 0.2) is 0 Å². The summed E-state index contributed by atoms with van der Waals surface area (Å²) in [5.41, 5.74) is 3.02. The molecule has 0 atom stereocenters. The molecule has 8 nitrogen and oxygen atoms in total. The van der Waals surface area contributed by atoms with Crippen LogP contribution in [-0.4, -0.2) is 71.2 Å².